The van der Waals surface area contributed by atoms with Crippen LogP contribution in [-0.4, -0.2) is 54.0 Å². The lowest BCUT2D eigenvalue weighted by atomic mass is 9.95. The standard InChI is InChI=1S/C20H33O6PSi/c1-14-16-12-26-20(21)17(16)19(25-10-11-28(5,6)7)15(18(14)23-2)8-9-24-13-27(3,4)22/h8-13H2,1-7H3. The fourth-order valence-electron chi connectivity index (χ4n) is 3.13. The maximum atomic E-state index is 12.4. The summed E-state index contributed by atoms with van der Waals surface area (Å²) in [6, 6.07) is 0.984. The van der Waals surface area contributed by atoms with E-state index in [1.807, 2.05) is 6.92 Å². The average Bonchev–Trinajstić information content (AvgIpc) is 2.94. The molecule has 0 saturated heterocycles. The average molecular weight is 429 g/mol. The highest BCUT2D eigenvalue weighted by Crippen LogP contribution is 2.43. The quantitative estimate of drug-likeness (QED) is 0.236. The van der Waals surface area contributed by atoms with Gasteiger partial charge in [-0.3, -0.25) is 0 Å². The number of carbonyl (C=O) groups is 1. The molecule has 6 nitrogen and oxygen atoms in total. The summed E-state index contributed by atoms with van der Waals surface area (Å²) in [4.78, 5) is 12.4. The number of hydrogen-bond donors (Lipinski definition) is 0. The van der Waals surface area contributed by atoms with Gasteiger partial charge in [-0.15, -0.1) is 0 Å². The Morgan fingerprint density at radius 1 is 1.14 bits per heavy atom. The Labute approximate surface area is 169 Å². The summed E-state index contributed by atoms with van der Waals surface area (Å²) in [6.45, 7) is 13.4. The number of benzene rings is 1. The molecule has 0 fully saturated rings. The Morgan fingerprint density at radius 3 is 2.39 bits per heavy atom. The molecule has 0 radical (unpaired) electrons. The molecule has 28 heavy (non-hydrogen) atoms. The van der Waals surface area contributed by atoms with Gasteiger partial charge in [0.25, 0.3) is 0 Å². The predicted molar refractivity (Wildman–Crippen MR) is 114 cm³/mol. The number of hydrogen-bond acceptors (Lipinski definition) is 6. The van der Waals surface area contributed by atoms with Crippen LogP contribution in [0.1, 0.15) is 27.0 Å². The summed E-state index contributed by atoms with van der Waals surface area (Å²) in [5, 5.41) is 0. The second kappa shape index (κ2) is 9.01. The third-order valence-corrected chi connectivity index (χ3v) is 7.13. The van der Waals surface area contributed by atoms with Crippen LogP contribution in [0, 0.1) is 6.92 Å². The van der Waals surface area contributed by atoms with Crippen LogP contribution in [0.2, 0.25) is 25.7 Å². The van der Waals surface area contributed by atoms with Crippen molar-refractivity contribution in [2.75, 3.05) is 40.0 Å². The van der Waals surface area contributed by atoms with Gasteiger partial charge in [0, 0.05) is 25.6 Å². The zero-order chi connectivity index (χ0) is 21.1. The Hall–Kier alpha value is -1.30. The molecule has 0 bridgehead atoms. The summed E-state index contributed by atoms with van der Waals surface area (Å²) in [6.07, 6.45) is 0.736. The molecule has 1 aliphatic heterocycles. The molecule has 0 aromatic heterocycles. The first-order valence-electron chi connectivity index (χ1n) is 9.58. The number of cyclic esters (lactones) is 1. The molecule has 8 heteroatoms. The minimum atomic E-state index is -2.24. The molecule has 2 rings (SSSR count). The van der Waals surface area contributed by atoms with E-state index in [0.29, 0.717) is 36.7 Å². The number of fused-ring (bicyclic) bond motifs is 1. The van der Waals surface area contributed by atoms with Crippen LogP contribution in [-0.2, 0) is 27.1 Å². The first kappa shape index (κ1) is 23.0. The Morgan fingerprint density at radius 2 is 1.82 bits per heavy atom. The molecule has 0 unspecified atom stereocenters. The fraction of sp³-hybridized carbons (Fsp3) is 0.650. The second-order valence-corrected chi connectivity index (χ2v) is 17.9. The van der Waals surface area contributed by atoms with Crippen molar-refractivity contribution in [2.24, 2.45) is 0 Å². The topological polar surface area (TPSA) is 71.1 Å². The van der Waals surface area contributed by atoms with Gasteiger partial charge < -0.3 is 23.5 Å². The predicted octanol–water partition coefficient (Wildman–Crippen LogP) is 4.53. The van der Waals surface area contributed by atoms with Crippen molar-refractivity contribution < 1.29 is 28.3 Å². The van der Waals surface area contributed by atoms with Crippen molar-refractivity contribution >= 4 is 21.2 Å². The normalized spacial score (nSPS) is 14.0. The molecule has 1 aromatic rings. The van der Waals surface area contributed by atoms with Crippen LogP contribution in [0.25, 0.3) is 0 Å². The summed E-state index contributed by atoms with van der Waals surface area (Å²) in [7, 11) is -1.90. The molecular weight excluding hydrogens is 395 g/mol. The van der Waals surface area contributed by atoms with E-state index in [9.17, 15) is 9.36 Å². The maximum Gasteiger partial charge on any atom is 0.342 e. The van der Waals surface area contributed by atoms with Crippen LogP contribution in [0.4, 0.5) is 0 Å². The molecule has 1 heterocycles. The van der Waals surface area contributed by atoms with Gasteiger partial charge in [0.05, 0.1) is 26.7 Å². The third kappa shape index (κ3) is 5.85. The van der Waals surface area contributed by atoms with Crippen molar-refractivity contribution in [2.45, 2.75) is 45.6 Å². The first-order chi connectivity index (χ1) is 12.9. The van der Waals surface area contributed by atoms with Gasteiger partial charge in [-0.05, 0) is 31.9 Å². The molecule has 1 aromatic carbocycles. The monoisotopic (exact) mass is 428 g/mol. The van der Waals surface area contributed by atoms with Gasteiger partial charge in [-0.2, -0.15) is 0 Å². The molecule has 0 aliphatic carbocycles. The minimum Gasteiger partial charge on any atom is -0.496 e. The highest BCUT2D eigenvalue weighted by Gasteiger charge is 2.33. The van der Waals surface area contributed by atoms with Gasteiger partial charge >= 0.3 is 5.97 Å². The van der Waals surface area contributed by atoms with E-state index in [2.05, 4.69) is 19.6 Å². The number of methoxy groups -OCH3 is 1. The highest BCUT2D eigenvalue weighted by atomic mass is 31.2. The van der Waals surface area contributed by atoms with Crippen LogP contribution >= 0.6 is 7.14 Å². The molecule has 0 saturated carbocycles. The lowest BCUT2D eigenvalue weighted by Gasteiger charge is -2.22. The summed E-state index contributed by atoms with van der Waals surface area (Å²) < 4.78 is 34.6. The lowest BCUT2D eigenvalue weighted by Crippen LogP contribution is -2.23. The summed E-state index contributed by atoms with van der Waals surface area (Å²) >= 11 is 0. The molecule has 0 spiro atoms. The van der Waals surface area contributed by atoms with E-state index in [4.69, 9.17) is 18.9 Å². The Kier molecular flexibility index (Phi) is 7.40. The third-order valence-electron chi connectivity index (χ3n) is 4.62. The van der Waals surface area contributed by atoms with Gasteiger partial charge in [0.1, 0.15) is 30.8 Å². The van der Waals surface area contributed by atoms with Crippen LogP contribution in [0.15, 0.2) is 0 Å². The van der Waals surface area contributed by atoms with E-state index >= 15 is 0 Å². The van der Waals surface area contributed by atoms with E-state index in [1.54, 1.807) is 20.4 Å². The molecule has 1 aliphatic rings. The number of ether oxygens (including phenoxy) is 4. The maximum absolute atomic E-state index is 12.4. The fourth-order valence-corrected chi connectivity index (χ4v) is 4.41. The SMILES string of the molecule is COc1c(C)c2c(c(OCC[Si](C)(C)C)c1CCOCP(C)(C)=O)C(=O)OC2. The van der Waals surface area contributed by atoms with E-state index in [-0.39, 0.29) is 18.9 Å². The van der Waals surface area contributed by atoms with Gasteiger partial charge in [0.2, 0.25) is 0 Å². The van der Waals surface area contributed by atoms with Crippen molar-refractivity contribution in [3.8, 4) is 11.5 Å². The number of esters is 1. The second-order valence-electron chi connectivity index (χ2n) is 8.92. The van der Waals surface area contributed by atoms with E-state index in [0.717, 1.165) is 22.7 Å². The van der Waals surface area contributed by atoms with Crippen molar-refractivity contribution in [3.63, 3.8) is 0 Å². The number of carbonyl (C=O) groups excluding carboxylic acids is 1. The first-order valence-corrected chi connectivity index (χ1v) is 16.1. The smallest absolute Gasteiger partial charge is 0.342 e. The lowest BCUT2D eigenvalue weighted by molar-refractivity contribution is 0.0532. The van der Waals surface area contributed by atoms with E-state index in [1.165, 1.54) is 0 Å². The minimum absolute atomic E-state index is 0.229. The van der Waals surface area contributed by atoms with Crippen LogP contribution in [0.3, 0.4) is 0 Å². The zero-order valence-electron chi connectivity index (χ0n) is 18.1. The van der Waals surface area contributed by atoms with Crippen LogP contribution < -0.4 is 9.47 Å². The zero-order valence-corrected chi connectivity index (χ0v) is 20.0. The number of rotatable bonds is 10. The van der Waals surface area contributed by atoms with Gasteiger partial charge in [-0.25, -0.2) is 4.79 Å². The Bertz CT molecular complexity index is 778. The van der Waals surface area contributed by atoms with E-state index < -0.39 is 15.2 Å². The van der Waals surface area contributed by atoms with Gasteiger partial charge in [-0.1, -0.05) is 19.6 Å². The molecule has 0 atom stereocenters. The highest BCUT2D eigenvalue weighted by molar-refractivity contribution is 7.62. The molecular formula is C20H33O6PSi. The molecule has 0 N–H and O–H groups in total. The molecule has 0 amide bonds. The largest absolute Gasteiger partial charge is 0.496 e. The van der Waals surface area contributed by atoms with Crippen molar-refractivity contribution in [1.82, 2.24) is 0 Å². The van der Waals surface area contributed by atoms with Crippen molar-refractivity contribution in [3.05, 3.63) is 22.3 Å². The summed E-state index contributed by atoms with van der Waals surface area (Å²) in [5.41, 5.74) is 3.06. The van der Waals surface area contributed by atoms with Crippen molar-refractivity contribution in [1.29, 1.82) is 0 Å². The summed E-state index contributed by atoms with van der Waals surface area (Å²) in [5.74, 6) is 0.912. The van der Waals surface area contributed by atoms with Crippen LogP contribution in [0.5, 0.6) is 11.5 Å². The van der Waals surface area contributed by atoms with Gasteiger partial charge in [0.15, 0.2) is 0 Å². The molecule has 158 valence electrons. The Balaban J connectivity index is 2.36.